The lowest BCUT2D eigenvalue weighted by atomic mass is 10.1. The minimum atomic E-state index is -0.212. The van der Waals surface area contributed by atoms with Crippen LogP contribution in [-0.2, 0) is 11.2 Å². The summed E-state index contributed by atoms with van der Waals surface area (Å²) in [4.78, 5) is 0. The van der Waals surface area contributed by atoms with Crippen molar-refractivity contribution in [3.8, 4) is 0 Å². The van der Waals surface area contributed by atoms with Crippen LogP contribution in [-0.4, -0.2) is 25.8 Å². The van der Waals surface area contributed by atoms with Crippen molar-refractivity contribution >= 4 is 5.69 Å². The van der Waals surface area contributed by atoms with Gasteiger partial charge in [0.15, 0.2) is 0 Å². The van der Waals surface area contributed by atoms with Crippen LogP contribution >= 0.6 is 0 Å². The molecule has 1 atom stereocenters. The predicted octanol–water partition coefficient (Wildman–Crippen LogP) is 1.92. The first kappa shape index (κ1) is 12.3. The molecule has 0 aromatic heterocycles. The van der Waals surface area contributed by atoms with E-state index in [-0.39, 0.29) is 11.9 Å². The third-order valence-electron chi connectivity index (χ3n) is 3.03. The van der Waals surface area contributed by atoms with Crippen molar-refractivity contribution in [2.45, 2.75) is 25.4 Å². The number of rotatable bonds is 5. The predicted molar refractivity (Wildman–Crippen MR) is 66.6 cm³/mol. The SMILES string of the molecule is NCCc1cc(F)ccc1NCC1CCCO1. The van der Waals surface area contributed by atoms with Crippen LogP contribution < -0.4 is 11.1 Å². The topological polar surface area (TPSA) is 47.3 Å². The molecule has 3 nitrogen and oxygen atoms in total. The van der Waals surface area contributed by atoms with Gasteiger partial charge < -0.3 is 15.8 Å². The molecule has 0 amide bonds. The third kappa shape index (κ3) is 3.41. The summed E-state index contributed by atoms with van der Waals surface area (Å²) in [6.45, 7) is 2.16. The molecule has 0 aliphatic carbocycles. The number of nitrogens with one attached hydrogen (secondary N) is 1. The molecule has 1 aliphatic rings. The first-order valence-electron chi connectivity index (χ1n) is 6.13. The van der Waals surface area contributed by atoms with Crippen molar-refractivity contribution < 1.29 is 9.13 Å². The van der Waals surface area contributed by atoms with Gasteiger partial charge in [0.1, 0.15) is 5.82 Å². The lowest BCUT2D eigenvalue weighted by Crippen LogP contribution is -2.19. The highest BCUT2D eigenvalue weighted by atomic mass is 19.1. The van der Waals surface area contributed by atoms with E-state index in [2.05, 4.69) is 5.32 Å². The summed E-state index contributed by atoms with van der Waals surface area (Å²) in [6, 6.07) is 4.79. The van der Waals surface area contributed by atoms with E-state index < -0.39 is 0 Å². The molecule has 1 saturated heterocycles. The van der Waals surface area contributed by atoms with Gasteiger partial charge in [-0.15, -0.1) is 0 Å². The Morgan fingerprint density at radius 3 is 3.06 bits per heavy atom. The Bertz CT molecular complexity index is 364. The molecule has 94 valence electrons. The Balaban J connectivity index is 1.98. The molecule has 0 bridgehead atoms. The molecule has 4 heteroatoms. The van der Waals surface area contributed by atoms with Crippen LogP contribution in [0, 0.1) is 5.82 Å². The zero-order valence-corrected chi connectivity index (χ0v) is 9.92. The maximum atomic E-state index is 13.1. The Morgan fingerprint density at radius 1 is 1.47 bits per heavy atom. The molecule has 3 N–H and O–H groups in total. The van der Waals surface area contributed by atoms with Crippen LogP contribution in [0.5, 0.6) is 0 Å². The van der Waals surface area contributed by atoms with Crippen molar-refractivity contribution in [3.63, 3.8) is 0 Å². The van der Waals surface area contributed by atoms with Crippen LogP contribution in [0.2, 0.25) is 0 Å². The number of halogens is 1. The second-order valence-corrected chi connectivity index (χ2v) is 4.36. The number of nitrogens with two attached hydrogens (primary N) is 1. The Kier molecular flexibility index (Phi) is 4.34. The van der Waals surface area contributed by atoms with E-state index in [0.717, 1.165) is 37.2 Å². The van der Waals surface area contributed by atoms with Gasteiger partial charge in [0.25, 0.3) is 0 Å². The molecule has 0 saturated carbocycles. The van der Waals surface area contributed by atoms with E-state index in [1.54, 1.807) is 12.1 Å². The summed E-state index contributed by atoms with van der Waals surface area (Å²) in [6.07, 6.45) is 3.20. The Labute approximate surface area is 101 Å². The highest BCUT2D eigenvalue weighted by Crippen LogP contribution is 2.19. The number of hydrogen-bond acceptors (Lipinski definition) is 3. The van der Waals surface area contributed by atoms with Gasteiger partial charge in [-0.3, -0.25) is 0 Å². The van der Waals surface area contributed by atoms with E-state index in [1.807, 2.05) is 0 Å². The summed E-state index contributed by atoms with van der Waals surface area (Å²) in [5.74, 6) is -0.212. The standard InChI is InChI=1S/C13H19FN2O/c14-11-3-4-13(10(8-11)5-6-15)16-9-12-2-1-7-17-12/h3-4,8,12,16H,1-2,5-7,9,15H2. The van der Waals surface area contributed by atoms with Crippen molar-refractivity contribution in [2.75, 3.05) is 25.0 Å². The first-order chi connectivity index (χ1) is 8.29. The van der Waals surface area contributed by atoms with Crippen LogP contribution in [0.4, 0.5) is 10.1 Å². The fraction of sp³-hybridized carbons (Fsp3) is 0.538. The summed E-state index contributed by atoms with van der Waals surface area (Å²) in [7, 11) is 0. The first-order valence-corrected chi connectivity index (χ1v) is 6.13. The lowest BCUT2D eigenvalue weighted by molar-refractivity contribution is 0.120. The van der Waals surface area contributed by atoms with E-state index in [9.17, 15) is 4.39 Å². The molecule has 17 heavy (non-hydrogen) atoms. The molecule has 0 spiro atoms. The number of benzene rings is 1. The second kappa shape index (κ2) is 5.98. The van der Waals surface area contributed by atoms with Gasteiger partial charge in [0, 0.05) is 18.8 Å². The zero-order valence-electron chi connectivity index (χ0n) is 9.92. The summed E-state index contributed by atoms with van der Waals surface area (Å²) in [5.41, 5.74) is 7.42. The molecule has 1 unspecified atom stereocenters. The average molecular weight is 238 g/mol. The van der Waals surface area contributed by atoms with Gasteiger partial charge in [0.05, 0.1) is 6.10 Å². The third-order valence-corrected chi connectivity index (χ3v) is 3.03. The minimum absolute atomic E-state index is 0.212. The number of anilines is 1. The molecule has 1 fully saturated rings. The van der Waals surface area contributed by atoms with E-state index >= 15 is 0 Å². The molecule has 1 aromatic carbocycles. The Hall–Kier alpha value is -1.13. The summed E-state index contributed by atoms with van der Waals surface area (Å²) in [5, 5.41) is 3.32. The van der Waals surface area contributed by atoms with Crippen LogP contribution in [0.3, 0.4) is 0 Å². The summed E-state index contributed by atoms with van der Waals surface area (Å²) >= 11 is 0. The van der Waals surface area contributed by atoms with Crippen LogP contribution in [0.1, 0.15) is 18.4 Å². The second-order valence-electron chi connectivity index (χ2n) is 4.36. The Morgan fingerprint density at radius 2 is 2.35 bits per heavy atom. The molecule has 1 aliphatic heterocycles. The average Bonchev–Trinajstić information content (AvgIpc) is 2.81. The molecular formula is C13H19FN2O. The van der Waals surface area contributed by atoms with Crippen molar-refractivity contribution in [1.29, 1.82) is 0 Å². The van der Waals surface area contributed by atoms with Gasteiger partial charge in [-0.25, -0.2) is 4.39 Å². The fourth-order valence-corrected chi connectivity index (χ4v) is 2.13. The quantitative estimate of drug-likeness (QED) is 0.824. The van der Waals surface area contributed by atoms with Crippen molar-refractivity contribution in [3.05, 3.63) is 29.6 Å². The molecule has 1 aromatic rings. The molecule has 0 radical (unpaired) electrons. The molecular weight excluding hydrogens is 219 g/mol. The normalized spacial score (nSPS) is 19.5. The van der Waals surface area contributed by atoms with Gasteiger partial charge in [0.2, 0.25) is 0 Å². The van der Waals surface area contributed by atoms with Gasteiger partial charge in [-0.1, -0.05) is 0 Å². The summed E-state index contributed by atoms with van der Waals surface area (Å²) < 4.78 is 18.7. The van der Waals surface area contributed by atoms with Crippen LogP contribution in [0.15, 0.2) is 18.2 Å². The van der Waals surface area contributed by atoms with Gasteiger partial charge >= 0.3 is 0 Å². The van der Waals surface area contributed by atoms with E-state index in [4.69, 9.17) is 10.5 Å². The smallest absolute Gasteiger partial charge is 0.123 e. The van der Waals surface area contributed by atoms with Gasteiger partial charge in [-0.2, -0.15) is 0 Å². The van der Waals surface area contributed by atoms with E-state index in [0.29, 0.717) is 13.0 Å². The number of ether oxygens (including phenoxy) is 1. The molecule has 1 heterocycles. The minimum Gasteiger partial charge on any atom is -0.382 e. The van der Waals surface area contributed by atoms with Crippen molar-refractivity contribution in [1.82, 2.24) is 0 Å². The molecule has 2 rings (SSSR count). The van der Waals surface area contributed by atoms with Crippen molar-refractivity contribution in [2.24, 2.45) is 5.73 Å². The lowest BCUT2D eigenvalue weighted by Gasteiger charge is -2.15. The number of hydrogen-bond donors (Lipinski definition) is 2. The van der Waals surface area contributed by atoms with E-state index in [1.165, 1.54) is 6.07 Å². The zero-order chi connectivity index (χ0) is 12.1. The van der Waals surface area contributed by atoms with Crippen LogP contribution in [0.25, 0.3) is 0 Å². The van der Waals surface area contributed by atoms with Gasteiger partial charge in [-0.05, 0) is 49.6 Å². The maximum absolute atomic E-state index is 13.1. The maximum Gasteiger partial charge on any atom is 0.123 e. The monoisotopic (exact) mass is 238 g/mol. The fourth-order valence-electron chi connectivity index (χ4n) is 2.13. The highest BCUT2D eigenvalue weighted by molar-refractivity contribution is 5.51. The highest BCUT2D eigenvalue weighted by Gasteiger charge is 2.15. The largest absolute Gasteiger partial charge is 0.382 e.